The van der Waals surface area contributed by atoms with Crippen LogP contribution in [0.25, 0.3) is 11.0 Å². The number of fused-ring (bicyclic) bond motifs is 1. The van der Waals surface area contributed by atoms with Crippen molar-refractivity contribution >= 4 is 38.4 Å². The van der Waals surface area contributed by atoms with Crippen molar-refractivity contribution in [2.75, 3.05) is 14.1 Å². The summed E-state index contributed by atoms with van der Waals surface area (Å²) in [6.45, 7) is 4.70. The Labute approximate surface area is 168 Å². The van der Waals surface area contributed by atoms with Crippen molar-refractivity contribution in [2.24, 2.45) is 0 Å². The molecule has 0 saturated carbocycles. The average Bonchev–Trinajstić information content (AvgIpc) is 3.23. The number of carbonyl (C=O) groups is 1. The zero-order chi connectivity index (χ0) is 20.5. The molecular weight excluding hydrogens is 398 g/mol. The van der Waals surface area contributed by atoms with Crippen molar-refractivity contribution in [3.63, 3.8) is 0 Å². The van der Waals surface area contributed by atoms with Crippen LogP contribution in [0.5, 0.6) is 0 Å². The fourth-order valence-corrected chi connectivity index (χ4v) is 4.54. The number of rotatable bonds is 7. The molecule has 0 aliphatic carbocycles. The number of sulfonamides is 1. The standard InChI is InChI=1S/C19H23N3O4S2/c1-5-10-22-16-8-7-14(28(24,25)21(3)4)11-15(16)20-18(22)12-26-19(23)17-9-6-13(2)27-17/h6-9,11H,5,10,12H2,1-4H3. The highest BCUT2D eigenvalue weighted by molar-refractivity contribution is 7.89. The number of carbonyl (C=O) groups excluding carboxylic acids is 1. The average molecular weight is 422 g/mol. The molecule has 0 unspecified atom stereocenters. The van der Waals surface area contributed by atoms with E-state index < -0.39 is 10.0 Å². The molecule has 3 aromatic rings. The third-order valence-corrected chi connectivity index (χ3v) is 7.09. The van der Waals surface area contributed by atoms with E-state index in [1.807, 2.05) is 24.5 Å². The molecule has 150 valence electrons. The van der Waals surface area contributed by atoms with Gasteiger partial charge in [-0.05, 0) is 43.7 Å². The lowest BCUT2D eigenvalue weighted by molar-refractivity contribution is 0.0464. The van der Waals surface area contributed by atoms with Crippen molar-refractivity contribution in [3.05, 3.63) is 45.9 Å². The molecule has 0 fully saturated rings. The first-order valence-corrected chi connectivity index (χ1v) is 11.1. The quantitative estimate of drug-likeness (QED) is 0.546. The summed E-state index contributed by atoms with van der Waals surface area (Å²) in [6, 6.07) is 8.51. The highest BCUT2D eigenvalue weighted by atomic mass is 32.2. The minimum atomic E-state index is -3.54. The molecule has 0 aliphatic rings. The number of esters is 1. The first-order chi connectivity index (χ1) is 13.2. The van der Waals surface area contributed by atoms with Gasteiger partial charge in [-0.3, -0.25) is 0 Å². The second kappa shape index (κ2) is 8.02. The van der Waals surface area contributed by atoms with Gasteiger partial charge >= 0.3 is 5.97 Å². The zero-order valence-electron chi connectivity index (χ0n) is 16.3. The van der Waals surface area contributed by atoms with Gasteiger partial charge in [0.25, 0.3) is 0 Å². The number of thiophene rings is 1. The topological polar surface area (TPSA) is 81.5 Å². The lowest BCUT2D eigenvalue weighted by Gasteiger charge is -2.11. The Bertz CT molecular complexity index is 1110. The van der Waals surface area contributed by atoms with Crippen LogP contribution in [-0.4, -0.2) is 42.3 Å². The highest BCUT2D eigenvalue weighted by Gasteiger charge is 2.20. The van der Waals surface area contributed by atoms with E-state index in [9.17, 15) is 13.2 Å². The van der Waals surface area contributed by atoms with E-state index in [-0.39, 0.29) is 17.5 Å². The fraction of sp³-hybridized carbons (Fsp3) is 0.368. The van der Waals surface area contributed by atoms with Crippen molar-refractivity contribution in [1.29, 1.82) is 0 Å². The van der Waals surface area contributed by atoms with Gasteiger partial charge in [-0.15, -0.1) is 11.3 Å². The van der Waals surface area contributed by atoms with E-state index in [0.717, 1.165) is 16.8 Å². The van der Waals surface area contributed by atoms with Gasteiger partial charge in [0, 0.05) is 25.5 Å². The highest BCUT2D eigenvalue weighted by Crippen LogP contribution is 2.23. The Hall–Kier alpha value is -2.23. The second-order valence-electron chi connectivity index (χ2n) is 6.60. The number of imidazole rings is 1. The molecule has 0 radical (unpaired) electrons. The van der Waals surface area contributed by atoms with Gasteiger partial charge in [-0.2, -0.15) is 0 Å². The lowest BCUT2D eigenvalue weighted by Crippen LogP contribution is -2.22. The van der Waals surface area contributed by atoms with Gasteiger partial charge in [0.1, 0.15) is 17.3 Å². The largest absolute Gasteiger partial charge is 0.453 e. The van der Waals surface area contributed by atoms with Crippen LogP contribution in [0.1, 0.15) is 33.7 Å². The first-order valence-electron chi connectivity index (χ1n) is 8.89. The molecule has 0 atom stereocenters. The summed E-state index contributed by atoms with van der Waals surface area (Å²) in [5.41, 5.74) is 1.38. The molecule has 0 aliphatic heterocycles. The van der Waals surface area contributed by atoms with Gasteiger partial charge < -0.3 is 9.30 Å². The van der Waals surface area contributed by atoms with Gasteiger partial charge in [0.15, 0.2) is 0 Å². The minimum absolute atomic E-state index is 0.0280. The predicted molar refractivity (Wildman–Crippen MR) is 109 cm³/mol. The van der Waals surface area contributed by atoms with Crippen LogP contribution in [-0.2, 0) is 27.9 Å². The maximum atomic E-state index is 12.4. The smallest absolute Gasteiger partial charge is 0.348 e. The number of benzene rings is 1. The van der Waals surface area contributed by atoms with E-state index >= 15 is 0 Å². The van der Waals surface area contributed by atoms with Crippen LogP contribution in [0.4, 0.5) is 0 Å². The molecule has 0 bridgehead atoms. The van der Waals surface area contributed by atoms with E-state index in [0.29, 0.717) is 22.8 Å². The molecule has 1 aromatic carbocycles. The van der Waals surface area contributed by atoms with Crippen LogP contribution in [0.2, 0.25) is 0 Å². The second-order valence-corrected chi connectivity index (χ2v) is 10.0. The molecule has 0 spiro atoms. The minimum Gasteiger partial charge on any atom is -0.453 e. The normalized spacial score (nSPS) is 12.0. The number of nitrogens with zero attached hydrogens (tertiary/aromatic N) is 3. The van der Waals surface area contributed by atoms with Crippen LogP contribution in [0.3, 0.4) is 0 Å². The molecule has 3 rings (SSSR count). The number of aromatic nitrogens is 2. The summed E-state index contributed by atoms with van der Waals surface area (Å²) in [5.74, 6) is 0.210. The molecule has 2 aromatic heterocycles. The number of hydrogen-bond acceptors (Lipinski definition) is 6. The third-order valence-electron chi connectivity index (χ3n) is 4.30. The van der Waals surface area contributed by atoms with Crippen LogP contribution >= 0.6 is 11.3 Å². The number of ether oxygens (including phenoxy) is 1. The SMILES string of the molecule is CCCn1c(COC(=O)c2ccc(C)s2)nc2cc(S(=O)(=O)N(C)C)ccc21. The Morgan fingerprint density at radius 3 is 2.61 bits per heavy atom. The van der Waals surface area contributed by atoms with Gasteiger partial charge in [0.05, 0.1) is 15.9 Å². The van der Waals surface area contributed by atoms with Crippen molar-refractivity contribution in [3.8, 4) is 0 Å². The molecule has 0 N–H and O–H groups in total. The van der Waals surface area contributed by atoms with E-state index in [1.54, 1.807) is 24.3 Å². The Kier molecular flexibility index (Phi) is 5.87. The van der Waals surface area contributed by atoms with Crippen molar-refractivity contribution in [1.82, 2.24) is 13.9 Å². The van der Waals surface area contributed by atoms with Crippen LogP contribution < -0.4 is 0 Å². The van der Waals surface area contributed by atoms with Crippen LogP contribution in [0.15, 0.2) is 35.2 Å². The summed E-state index contributed by atoms with van der Waals surface area (Å²) >= 11 is 1.38. The maximum Gasteiger partial charge on any atom is 0.348 e. The summed E-state index contributed by atoms with van der Waals surface area (Å²) in [5, 5.41) is 0. The molecular formula is C19H23N3O4S2. The van der Waals surface area contributed by atoms with Gasteiger partial charge in [-0.1, -0.05) is 6.92 Å². The van der Waals surface area contributed by atoms with E-state index in [2.05, 4.69) is 4.98 Å². The molecule has 28 heavy (non-hydrogen) atoms. The van der Waals surface area contributed by atoms with Crippen LogP contribution in [0, 0.1) is 6.92 Å². The Morgan fingerprint density at radius 2 is 2.00 bits per heavy atom. The molecule has 0 saturated heterocycles. The summed E-state index contributed by atoms with van der Waals surface area (Å²) in [7, 11) is -0.559. The monoisotopic (exact) mass is 421 g/mol. The van der Waals surface area contributed by atoms with Gasteiger partial charge in [0.2, 0.25) is 10.0 Å². The van der Waals surface area contributed by atoms with Crippen molar-refractivity contribution < 1.29 is 17.9 Å². The predicted octanol–water partition coefficient (Wildman–Crippen LogP) is 3.42. The van der Waals surface area contributed by atoms with E-state index in [1.165, 1.54) is 29.7 Å². The zero-order valence-corrected chi connectivity index (χ0v) is 17.9. The van der Waals surface area contributed by atoms with Gasteiger partial charge in [-0.25, -0.2) is 22.5 Å². The Morgan fingerprint density at radius 1 is 1.25 bits per heavy atom. The first kappa shape index (κ1) is 20.5. The third kappa shape index (κ3) is 3.96. The lowest BCUT2D eigenvalue weighted by atomic mass is 10.3. The summed E-state index contributed by atoms with van der Waals surface area (Å²) in [6.07, 6.45) is 0.869. The number of hydrogen-bond donors (Lipinski definition) is 0. The molecule has 0 amide bonds. The number of aryl methyl sites for hydroxylation is 2. The molecule has 2 heterocycles. The summed E-state index contributed by atoms with van der Waals surface area (Å²) < 4.78 is 33.4. The molecule has 9 heteroatoms. The maximum absolute atomic E-state index is 12.4. The molecule has 7 nitrogen and oxygen atoms in total. The fourth-order valence-electron chi connectivity index (χ4n) is 2.86. The summed E-state index contributed by atoms with van der Waals surface area (Å²) in [4.78, 5) is 18.6. The Balaban J connectivity index is 1.92. The van der Waals surface area contributed by atoms with Crippen molar-refractivity contribution in [2.45, 2.75) is 38.3 Å². The van der Waals surface area contributed by atoms with E-state index in [4.69, 9.17) is 4.74 Å².